The molecule has 10 heteroatoms. The summed E-state index contributed by atoms with van der Waals surface area (Å²) in [5.41, 5.74) is 0.933. The molecule has 0 spiro atoms. The average Bonchev–Trinajstić information content (AvgIpc) is 3.05. The van der Waals surface area contributed by atoms with Gasteiger partial charge < -0.3 is 15.0 Å². The maximum atomic E-state index is 14.7. The molecule has 0 bridgehead atoms. The van der Waals surface area contributed by atoms with Crippen molar-refractivity contribution >= 4 is 40.1 Å². The Labute approximate surface area is 178 Å². The summed E-state index contributed by atoms with van der Waals surface area (Å²) in [6, 6.07) is 2.59. The van der Waals surface area contributed by atoms with Gasteiger partial charge in [0, 0.05) is 36.8 Å². The second-order valence-corrected chi connectivity index (χ2v) is 8.51. The summed E-state index contributed by atoms with van der Waals surface area (Å²) in [7, 11) is 0. The molecule has 4 atom stereocenters. The number of anilines is 1. The summed E-state index contributed by atoms with van der Waals surface area (Å²) in [5.74, 6) is -1.67. The van der Waals surface area contributed by atoms with Crippen LogP contribution in [0.1, 0.15) is 18.9 Å². The fraction of sp³-hybridized carbons (Fsp3) is 0.579. The molecule has 2 saturated heterocycles. The van der Waals surface area contributed by atoms with Crippen LogP contribution in [0.3, 0.4) is 0 Å². The Kier molecular flexibility index (Phi) is 6.08. The highest BCUT2D eigenvalue weighted by molar-refractivity contribution is 7.80. The molecule has 0 aliphatic carbocycles. The summed E-state index contributed by atoms with van der Waals surface area (Å²) < 4.78 is 47.8. The fourth-order valence-corrected chi connectivity index (χ4v) is 4.98. The molecule has 29 heavy (non-hydrogen) atoms. The number of hydrogen-bond acceptors (Lipinski definition) is 5. The predicted molar refractivity (Wildman–Crippen MR) is 113 cm³/mol. The first kappa shape index (κ1) is 20.9. The molecule has 2 fully saturated rings. The molecule has 0 radical (unpaired) electrons. The molecule has 0 saturated carbocycles. The number of morpholine rings is 1. The van der Waals surface area contributed by atoms with Crippen molar-refractivity contribution in [3.63, 3.8) is 0 Å². The number of halogens is 3. The van der Waals surface area contributed by atoms with E-state index in [-0.39, 0.29) is 17.2 Å². The molecule has 4 unspecified atom stereocenters. The minimum atomic E-state index is -1.32. The smallest absolute Gasteiger partial charge is 0.178 e. The van der Waals surface area contributed by atoms with Crippen LogP contribution in [0.5, 0.6) is 0 Å². The van der Waals surface area contributed by atoms with Gasteiger partial charge in [0.15, 0.2) is 17.8 Å². The molecule has 1 aromatic carbocycles. The Balaban J connectivity index is 1.48. The van der Waals surface area contributed by atoms with Gasteiger partial charge in [-0.2, -0.15) is 0 Å². The summed E-state index contributed by atoms with van der Waals surface area (Å²) in [6.07, 6.45) is -1.47. The third-order valence-electron chi connectivity index (χ3n) is 5.67. The summed E-state index contributed by atoms with van der Waals surface area (Å²) in [5, 5.41) is 6.25. The number of hydrogen-bond donors (Lipinski definition) is 2. The van der Waals surface area contributed by atoms with Crippen molar-refractivity contribution in [2.24, 2.45) is 0 Å². The Morgan fingerprint density at radius 1 is 1.28 bits per heavy atom. The second-order valence-electron chi connectivity index (χ2n) is 7.60. The zero-order valence-corrected chi connectivity index (χ0v) is 17.6. The highest BCUT2D eigenvalue weighted by atomic mass is 32.1. The first-order valence-electron chi connectivity index (χ1n) is 9.68. The average molecular weight is 445 g/mol. The topological polar surface area (TPSA) is 39.8 Å². The molecular formula is C19H23F3N4OS2. The third kappa shape index (κ3) is 4.00. The lowest BCUT2D eigenvalue weighted by molar-refractivity contribution is -0.0117. The van der Waals surface area contributed by atoms with E-state index in [9.17, 15) is 13.2 Å². The van der Waals surface area contributed by atoms with Crippen molar-refractivity contribution in [3.8, 4) is 0 Å². The maximum absolute atomic E-state index is 14.7. The molecule has 4 rings (SSSR count). The first-order chi connectivity index (χ1) is 13.9. The maximum Gasteiger partial charge on any atom is 0.178 e. The SMILES string of the molecule is CC1Cc2c(ccc(F)c2F)N1C(=S)CC1NC(=S)C(F)C(N2CCOCC2)N1. The van der Waals surface area contributed by atoms with Gasteiger partial charge in [-0.05, 0) is 25.5 Å². The van der Waals surface area contributed by atoms with E-state index < -0.39 is 24.0 Å². The molecule has 3 heterocycles. The molecule has 3 aliphatic heterocycles. The van der Waals surface area contributed by atoms with E-state index in [4.69, 9.17) is 29.2 Å². The standard InChI is InChI=1S/C19H23F3N4OS2/c1-10-8-11-13(3-2-12(20)16(11)21)26(10)15(28)9-14-23-18(17(22)19(29)24-14)25-4-6-27-7-5-25/h2-3,10,14,17-18,23H,4-9H2,1H3,(H,24,29). The van der Waals surface area contributed by atoms with E-state index in [0.717, 1.165) is 6.07 Å². The lowest BCUT2D eigenvalue weighted by Crippen LogP contribution is -2.68. The molecule has 158 valence electrons. The summed E-state index contributed by atoms with van der Waals surface area (Å²) >= 11 is 10.9. The van der Waals surface area contributed by atoms with Crippen molar-refractivity contribution in [3.05, 3.63) is 29.3 Å². The molecule has 3 aliphatic rings. The van der Waals surface area contributed by atoms with Gasteiger partial charge in [0.05, 0.1) is 24.4 Å². The van der Waals surface area contributed by atoms with Gasteiger partial charge in [0.25, 0.3) is 0 Å². The fourth-order valence-electron chi connectivity index (χ4n) is 4.26. The Morgan fingerprint density at radius 3 is 2.72 bits per heavy atom. The normalized spacial score (nSPS) is 30.2. The van der Waals surface area contributed by atoms with Crippen molar-refractivity contribution in [1.29, 1.82) is 0 Å². The summed E-state index contributed by atoms with van der Waals surface area (Å²) in [4.78, 5) is 4.55. The number of nitrogens with one attached hydrogen (secondary N) is 2. The highest BCUT2D eigenvalue weighted by Crippen LogP contribution is 2.36. The van der Waals surface area contributed by atoms with Crippen LogP contribution < -0.4 is 15.5 Å². The monoisotopic (exact) mass is 444 g/mol. The molecular weight excluding hydrogens is 421 g/mol. The first-order valence-corrected chi connectivity index (χ1v) is 10.5. The van der Waals surface area contributed by atoms with E-state index in [1.165, 1.54) is 0 Å². The van der Waals surface area contributed by atoms with Crippen molar-refractivity contribution in [1.82, 2.24) is 15.5 Å². The third-order valence-corrected chi connectivity index (χ3v) is 6.38. The predicted octanol–water partition coefficient (Wildman–Crippen LogP) is 2.28. The van der Waals surface area contributed by atoms with Crippen LogP contribution >= 0.6 is 24.4 Å². The van der Waals surface area contributed by atoms with Crippen LogP contribution in [-0.2, 0) is 11.2 Å². The minimum Gasteiger partial charge on any atom is -0.379 e. The zero-order valence-electron chi connectivity index (χ0n) is 16.0. The van der Waals surface area contributed by atoms with Gasteiger partial charge in [-0.1, -0.05) is 24.4 Å². The molecule has 1 aromatic rings. The Hall–Kier alpha value is -1.33. The van der Waals surface area contributed by atoms with Gasteiger partial charge >= 0.3 is 0 Å². The van der Waals surface area contributed by atoms with Gasteiger partial charge in [-0.25, -0.2) is 13.2 Å². The second kappa shape index (κ2) is 8.43. The van der Waals surface area contributed by atoms with E-state index >= 15 is 0 Å². The summed E-state index contributed by atoms with van der Waals surface area (Å²) in [6.45, 7) is 4.28. The lowest BCUT2D eigenvalue weighted by atomic mass is 10.1. The molecule has 0 aromatic heterocycles. The van der Waals surface area contributed by atoms with Gasteiger partial charge in [-0.15, -0.1) is 0 Å². The number of ether oxygens (including phenoxy) is 1. The molecule has 0 amide bonds. The number of fused-ring (bicyclic) bond motifs is 1. The number of benzene rings is 1. The van der Waals surface area contributed by atoms with Crippen molar-refractivity contribution in [2.75, 3.05) is 31.2 Å². The number of nitrogens with zero attached hydrogens (tertiary/aromatic N) is 2. The molecule has 5 nitrogen and oxygen atoms in total. The Morgan fingerprint density at radius 2 is 2.00 bits per heavy atom. The van der Waals surface area contributed by atoms with Crippen molar-refractivity contribution < 1.29 is 17.9 Å². The van der Waals surface area contributed by atoms with Crippen LogP contribution in [0.25, 0.3) is 0 Å². The van der Waals surface area contributed by atoms with Crippen LogP contribution in [0.4, 0.5) is 18.9 Å². The van der Waals surface area contributed by atoms with E-state index in [2.05, 4.69) is 10.6 Å². The zero-order chi connectivity index (χ0) is 20.7. The quantitative estimate of drug-likeness (QED) is 0.693. The van der Waals surface area contributed by atoms with Crippen molar-refractivity contribution in [2.45, 2.75) is 44.3 Å². The molecule has 2 N–H and O–H groups in total. The number of alkyl halides is 1. The van der Waals surface area contributed by atoms with Crippen LogP contribution in [0.15, 0.2) is 12.1 Å². The highest BCUT2D eigenvalue weighted by Gasteiger charge is 2.39. The Bertz CT molecular complexity index is 821. The minimum absolute atomic E-state index is 0.0895. The van der Waals surface area contributed by atoms with Gasteiger partial charge in [0.1, 0.15) is 11.2 Å². The van der Waals surface area contributed by atoms with Crippen LogP contribution in [0, 0.1) is 11.6 Å². The van der Waals surface area contributed by atoms with Crippen LogP contribution in [0.2, 0.25) is 0 Å². The number of rotatable bonds is 3. The van der Waals surface area contributed by atoms with E-state index in [0.29, 0.717) is 55.4 Å². The van der Waals surface area contributed by atoms with Gasteiger partial charge in [0.2, 0.25) is 0 Å². The van der Waals surface area contributed by atoms with E-state index in [1.807, 2.05) is 16.7 Å². The largest absolute Gasteiger partial charge is 0.379 e. The number of thiocarbonyl (C=S) groups is 2. The van der Waals surface area contributed by atoms with Gasteiger partial charge in [-0.3, -0.25) is 10.2 Å². The van der Waals surface area contributed by atoms with E-state index in [1.54, 1.807) is 6.07 Å². The van der Waals surface area contributed by atoms with Crippen LogP contribution in [-0.4, -0.2) is 65.7 Å². The lowest BCUT2D eigenvalue weighted by Gasteiger charge is -2.43.